The fourth-order valence-electron chi connectivity index (χ4n) is 2.17. The highest BCUT2D eigenvalue weighted by molar-refractivity contribution is 7.09. The van der Waals surface area contributed by atoms with Crippen LogP contribution in [0.3, 0.4) is 0 Å². The summed E-state index contributed by atoms with van der Waals surface area (Å²) in [6.45, 7) is 14.7. The summed E-state index contributed by atoms with van der Waals surface area (Å²) in [7, 11) is 1.76. The van der Waals surface area contributed by atoms with Crippen molar-refractivity contribution in [1.29, 1.82) is 0 Å². The maximum absolute atomic E-state index is 5.47. The molecule has 0 bridgehead atoms. The third kappa shape index (κ3) is 3.56. The lowest BCUT2D eigenvalue weighted by Gasteiger charge is -2.36. The van der Waals surface area contributed by atoms with Crippen LogP contribution in [0.15, 0.2) is 5.38 Å². The third-order valence-corrected chi connectivity index (χ3v) is 4.52. The van der Waals surface area contributed by atoms with Crippen molar-refractivity contribution in [2.75, 3.05) is 20.3 Å². The molecule has 0 aliphatic heterocycles. The van der Waals surface area contributed by atoms with Gasteiger partial charge in [0.2, 0.25) is 0 Å². The summed E-state index contributed by atoms with van der Waals surface area (Å²) in [5.74, 6) is 0.423. The van der Waals surface area contributed by atoms with Gasteiger partial charge in [0.1, 0.15) is 5.01 Å². The molecular weight excluding hydrogens is 256 g/mol. The second kappa shape index (κ2) is 6.33. The zero-order valence-corrected chi connectivity index (χ0v) is 14.1. The summed E-state index contributed by atoms with van der Waals surface area (Å²) < 4.78 is 5.47. The van der Waals surface area contributed by atoms with Crippen LogP contribution in [0, 0.1) is 5.92 Å². The average molecular weight is 284 g/mol. The monoisotopic (exact) mass is 284 g/mol. The molecule has 0 saturated heterocycles. The molecule has 1 N–H and O–H groups in total. The molecule has 19 heavy (non-hydrogen) atoms. The van der Waals surface area contributed by atoms with Crippen LogP contribution in [0.25, 0.3) is 0 Å². The first-order valence-corrected chi connectivity index (χ1v) is 7.86. The predicted molar refractivity (Wildman–Crippen MR) is 82.9 cm³/mol. The van der Waals surface area contributed by atoms with Crippen LogP contribution < -0.4 is 5.32 Å². The van der Waals surface area contributed by atoms with Gasteiger partial charge in [0, 0.05) is 17.9 Å². The highest BCUT2D eigenvalue weighted by Crippen LogP contribution is 2.35. The van der Waals surface area contributed by atoms with E-state index in [0.717, 1.165) is 17.2 Å². The van der Waals surface area contributed by atoms with E-state index in [4.69, 9.17) is 9.72 Å². The lowest BCUT2D eigenvalue weighted by Crippen LogP contribution is -2.50. The first-order valence-electron chi connectivity index (χ1n) is 6.98. The molecule has 0 spiro atoms. The number of thiazole rings is 1. The minimum absolute atomic E-state index is 0.0940. The molecule has 0 aliphatic rings. The Labute approximate surface area is 121 Å². The van der Waals surface area contributed by atoms with Crippen molar-refractivity contribution < 1.29 is 4.74 Å². The van der Waals surface area contributed by atoms with E-state index in [-0.39, 0.29) is 11.0 Å². The Kier molecular flexibility index (Phi) is 5.53. The fraction of sp³-hybridized carbons (Fsp3) is 0.800. The van der Waals surface area contributed by atoms with Crippen molar-refractivity contribution in [3.63, 3.8) is 0 Å². The fourth-order valence-corrected chi connectivity index (χ4v) is 3.53. The van der Waals surface area contributed by atoms with Gasteiger partial charge in [-0.1, -0.05) is 41.5 Å². The molecule has 0 radical (unpaired) electrons. The Hall–Kier alpha value is -0.450. The van der Waals surface area contributed by atoms with E-state index in [0.29, 0.717) is 12.5 Å². The summed E-state index contributed by atoms with van der Waals surface area (Å²) in [6.07, 6.45) is 0. The number of ether oxygens (including phenoxy) is 1. The molecule has 0 aromatic carbocycles. The topological polar surface area (TPSA) is 34.1 Å². The zero-order chi connectivity index (χ0) is 14.7. The van der Waals surface area contributed by atoms with E-state index in [9.17, 15) is 0 Å². The van der Waals surface area contributed by atoms with Crippen molar-refractivity contribution in [3.05, 3.63) is 16.1 Å². The molecule has 1 rings (SSSR count). The normalized spacial score (nSPS) is 15.8. The molecule has 0 saturated carbocycles. The number of rotatable bonds is 6. The summed E-state index contributed by atoms with van der Waals surface area (Å²) in [6, 6.07) is 0. The van der Waals surface area contributed by atoms with E-state index >= 15 is 0 Å². The van der Waals surface area contributed by atoms with Crippen LogP contribution in [0.1, 0.15) is 52.2 Å². The largest absolute Gasteiger partial charge is 0.382 e. The number of hydrogen-bond donors (Lipinski definition) is 1. The molecule has 0 fully saturated rings. The minimum Gasteiger partial charge on any atom is -0.382 e. The van der Waals surface area contributed by atoms with E-state index < -0.39 is 0 Å². The molecule has 0 amide bonds. The number of aromatic nitrogens is 1. The first-order chi connectivity index (χ1) is 8.78. The molecule has 1 aromatic heterocycles. The Bertz CT molecular complexity index is 387. The Balaban J connectivity index is 3.20. The molecule has 1 heterocycles. The van der Waals surface area contributed by atoms with Gasteiger partial charge < -0.3 is 10.1 Å². The molecule has 1 atom stereocenters. The predicted octanol–water partition coefficient (Wildman–Crippen LogP) is 3.55. The summed E-state index contributed by atoms with van der Waals surface area (Å²) in [4.78, 5) is 4.89. The van der Waals surface area contributed by atoms with E-state index in [1.807, 2.05) is 0 Å². The number of nitrogens with zero attached hydrogens (tertiary/aromatic N) is 1. The summed E-state index contributed by atoms with van der Waals surface area (Å²) in [5.41, 5.74) is 1.07. The van der Waals surface area contributed by atoms with Crippen LogP contribution >= 0.6 is 11.3 Å². The minimum atomic E-state index is -0.183. The third-order valence-electron chi connectivity index (χ3n) is 3.50. The van der Waals surface area contributed by atoms with Gasteiger partial charge in [0.25, 0.3) is 0 Å². The molecule has 4 heteroatoms. The number of nitrogens with one attached hydrogen (secondary N) is 1. The number of methoxy groups -OCH3 is 1. The van der Waals surface area contributed by atoms with Gasteiger partial charge in [0.15, 0.2) is 0 Å². The van der Waals surface area contributed by atoms with Gasteiger partial charge in [-0.15, -0.1) is 11.3 Å². The van der Waals surface area contributed by atoms with E-state index in [1.165, 1.54) is 0 Å². The molecule has 3 nitrogen and oxygen atoms in total. The molecule has 1 aromatic rings. The van der Waals surface area contributed by atoms with Gasteiger partial charge in [-0.3, -0.25) is 0 Å². The van der Waals surface area contributed by atoms with Crippen molar-refractivity contribution in [2.45, 2.75) is 52.5 Å². The van der Waals surface area contributed by atoms with Crippen LogP contribution in [0.5, 0.6) is 0 Å². The molecule has 110 valence electrons. The van der Waals surface area contributed by atoms with Crippen LogP contribution in [0.4, 0.5) is 0 Å². The van der Waals surface area contributed by atoms with Crippen LogP contribution in [0.2, 0.25) is 0 Å². The SMILES string of the molecule is CCNC(COC)(c1nc(C(C)(C)C)cs1)C(C)C. The summed E-state index contributed by atoms with van der Waals surface area (Å²) >= 11 is 1.74. The molecule has 1 unspecified atom stereocenters. The van der Waals surface area contributed by atoms with Gasteiger partial charge >= 0.3 is 0 Å². The maximum Gasteiger partial charge on any atom is 0.116 e. The van der Waals surface area contributed by atoms with Crippen molar-refractivity contribution in [1.82, 2.24) is 10.3 Å². The van der Waals surface area contributed by atoms with Gasteiger partial charge in [0.05, 0.1) is 17.8 Å². The van der Waals surface area contributed by atoms with E-state index in [2.05, 4.69) is 52.2 Å². The standard InChI is InChI=1S/C15H28N2OS/c1-8-16-15(10-18-7,11(2)3)13-17-12(9-19-13)14(4,5)6/h9,11,16H,8,10H2,1-7H3. The summed E-state index contributed by atoms with van der Waals surface area (Å²) in [5, 5.41) is 6.92. The highest BCUT2D eigenvalue weighted by Gasteiger charge is 2.38. The second-order valence-electron chi connectivity index (χ2n) is 6.38. The second-order valence-corrected chi connectivity index (χ2v) is 7.24. The maximum atomic E-state index is 5.47. The molecular formula is C15H28N2OS. The van der Waals surface area contributed by atoms with Crippen LogP contribution in [-0.4, -0.2) is 25.2 Å². The smallest absolute Gasteiger partial charge is 0.116 e. The van der Waals surface area contributed by atoms with Crippen molar-refractivity contribution in [2.24, 2.45) is 5.92 Å². The Morgan fingerprint density at radius 1 is 1.37 bits per heavy atom. The van der Waals surface area contributed by atoms with Gasteiger partial charge in [-0.25, -0.2) is 4.98 Å². The van der Waals surface area contributed by atoms with Gasteiger partial charge in [-0.05, 0) is 12.5 Å². The quantitative estimate of drug-likeness (QED) is 0.867. The lowest BCUT2D eigenvalue weighted by atomic mass is 9.87. The number of likely N-dealkylation sites (N-methyl/N-ethyl adjacent to an activating group) is 1. The highest BCUT2D eigenvalue weighted by atomic mass is 32.1. The zero-order valence-electron chi connectivity index (χ0n) is 13.3. The van der Waals surface area contributed by atoms with E-state index in [1.54, 1.807) is 18.4 Å². The Morgan fingerprint density at radius 2 is 2.00 bits per heavy atom. The number of hydrogen-bond acceptors (Lipinski definition) is 4. The Morgan fingerprint density at radius 3 is 2.37 bits per heavy atom. The first kappa shape index (κ1) is 16.6. The van der Waals surface area contributed by atoms with Gasteiger partial charge in [-0.2, -0.15) is 0 Å². The van der Waals surface area contributed by atoms with Crippen molar-refractivity contribution >= 4 is 11.3 Å². The average Bonchev–Trinajstić information content (AvgIpc) is 2.77. The molecule has 0 aliphatic carbocycles. The van der Waals surface area contributed by atoms with Crippen LogP contribution in [-0.2, 0) is 15.7 Å². The lowest BCUT2D eigenvalue weighted by molar-refractivity contribution is 0.0772. The van der Waals surface area contributed by atoms with Crippen molar-refractivity contribution in [3.8, 4) is 0 Å².